The molecule has 0 heterocycles. The number of aliphatic hydroxyl groups is 1. The fraction of sp³-hybridized carbons (Fsp3) is 0.316. The van der Waals surface area contributed by atoms with Gasteiger partial charge in [-0.2, -0.15) is 0 Å². The van der Waals surface area contributed by atoms with Gasteiger partial charge in [0.25, 0.3) is 0 Å². The molecule has 0 spiro atoms. The lowest BCUT2D eigenvalue weighted by atomic mass is 9.82. The first-order valence-electron chi connectivity index (χ1n) is 7.84. The molecule has 1 aliphatic carbocycles. The van der Waals surface area contributed by atoms with Crippen molar-refractivity contribution in [1.82, 2.24) is 5.32 Å². The Hall–Kier alpha value is -2.13. The number of aryl methyl sites for hydroxylation is 1. The molecule has 2 aromatic rings. The molecule has 2 unspecified atom stereocenters. The van der Waals surface area contributed by atoms with E-state index in [9.17, 15) is 9.90 Å². The van der Waals surface area contributed by atoms with Crippen molar-refractivity contribution in [1.29, 1.82) is 0 Å². The minimum Gasteiger partial charge on any atom is -0.373 e. The van der Waals surface area contributed by atoms with Crippen molar-refractivity contribution in [3.05, 3.63) is 71.3 Å². The van der Waals surface area contributed by atoms with Crippen LogP contribution in [0.1, 0.15) is 35.4 Å². The molecule has 0 bridgehead atoms. The Kier molecular flexibility index (Phi) is 4.54. The molecule has 0 aromatic heterocycles. The predicted octanol–water partition coefficient (Wildman–Crippen LogP) is 2.78. The Morgan fingerprint density at radius 3 is 2.68 bits per heavy atom. The Morgan fingerprint density at radius 1 is 1.14 bits per heavy atom. The predicted molar refractivity (Wildman–Crippen MR) is 86.4 cm³/mol. The van der Waals surface area contributed by atoms with Crippen LogP contribution in [0.3, 0.4) is 0 Å². The van der Waals surface area contributed by atoms with Crippen LogP contribution in [0.4, 0.5) is 0 Å². The summed E-state index contributed by atoms with van der Waals surface area (Å²) in [5.74, 6) is -0.217. The van der Waals surface area contributed by atoms with E-state index in [2.05, 4.69) is 11.4 Å². The molecule has 1 amide bonds. The van der Waals surface area contributed by atoms with Gasteiger partial charge in [0.2, 0.25) is 5.91 Å². The zero-order valence-corrected chi connectivity index (χ0v) is 12.5. The van der Waals surface area contributed by atoms with Gasteiger partial charge in [0, 0.05) is 6.42 Å². The number of fused-ring (bicyclic) bond motifs is 1. The molecule has 3 nitrogen and oxygen atoms in total. The van der Waals surface area contributed by atoms with Crippen molar-refractivity contribution < 1.29 is 9.90 Å². The molecule has 2 aromatic carbocycles. The van der Waals surface area contributed by atoms with Gasteiger partial charge >= 0.3 is 0 Å². The van der Waals surface area contributed by atoms with E-state index in [0.29, 0.717) is 6.42 Å². The monoisotopic (exact) mass is 295 g/mol. The lowest BCUT2D eigenvalue weighted by Crippen LogP contribution is -2.40. The topological polar surface area (TPSA) is 49.3 Å². The molecule has 3 heteroatoms. The van der Waals surface area contributed by atoms with Crippen molar-refractivity contribution in [2.75, 3.05) is 0 Å². The van der Waals surface area contributed by atoms with E-state index in [1.54, 1.807) is 0 Å². The van der Waals surface area contributed by atoms with E-state index in [4.69, 9.17) is 0 Å². The van der Waals surface area contributed by atoms with Gasteiger partial charge in [0.05, 0.1) is 5.92 Å². The van der Waals surface area contributed by atoms with Gasteiger partial charge in [-0.1, -0.05) is 54.6 Å². The highest BCUT2D eigenvalue weighted by Gasteiger charge is 2.27. The minimum absolute atomic E-state index is 0.0735. The number of carbonyl (C=O) groups is 1. The number of amides is 1. The molecule has 0 saturated carbocycles. The van der Waals surface area contributed by atoms with Crippen molar-refractivity contribution in [2.45, 2.75) is 37.8 Å². The fourth-order valence-corrected chi connectivity index (χ4v) is 3.18. The zero-order chi connectivity index (χ0) is 15.4. The molecular formula is C19H21NO2. The van der Waals surface area contributed by atoms with Crippen LogP contribution in [0.2, 0.25) is 0 Å². The van der Waals surface area contributed by atoms with Crippen molar-refractivity contribution in [2.24, 2.45) is 0 Å². The van der Waals surface area contributed by atoms with E-state index in [0.717, 1.165) is 30.4 Å². The van der Waals surface area contributed by atoms with Crippen LogP contribution in [0.15, 0.2) is 54.6 Å². The van der Waals surface area contributed by atoms with Crippen LogP contribution in [-0.4, -0.2) is 17.2 Å². The van der Waals surface area contributed by atoms with E-state index in [-0.39, 0.29) is 11.8 Å². The van der Waals surface area contributed by atoms with Gasteiger partial charge in [-0.25, -0.2) is 0 Å². The maximum absolute atomic E-state index is 12.5. The molecule has 0 radical (unpaired) electrons. The van der Waals surface area contributed by atoms with Crippen molar-refractivity contribution in [3.8, 4) is 0 Å². The molecule has 1 aliphatic rings. The maximum Gasteiger partial charge on any atom is 0.229 e. The molecule has 2 N–H and O–H groups in total. The smallest absolute Gasteiger partial charge is 0.229 e. The molecule has 0 aliphatic heterocycles. The Labute approximate surface area is 131 Å². The van der Waals surface area contributed by atoms with Crippen LogP contribution in [0, 0.1) is 0 Å². The second-order valence-electron chi connectivity index (χ2n) is 5.86. The molecule has 3 rings (SSSR count). The third kappa shape index (κ3) is 3.37. The molecule has 22 heavy (non-hydrogen) atoms. The zero-order valence-electron chi connectivity index (χ0n) is 12.5. The van der Waals surface area contributed by atoms with Gasteiger partial charge in [-0.05, 0) is 36.0 Å². The number of aliphatic hydroxyl groups excluding tert-OH is 1. The summed E-state index contributed by atoms with van der Waals surface area (Å²) in [4.78, 5) is 12.5. The first kappa shape index (κ1) is 14.8. The van der Waals surface area contributed by atoms with Gasteiger partial charge in [0.1, 0.15) is 6.23 Å². The molecular weight excluding hydrogens is 274 g/mol. The van der Waals surface area contributed by atoms with E-state index in [1.807, 2.05) is 48.5 Å². The molecule has 114 valence electrons. The SMILES string of the molecule is O=C(NC(O)Cc1ccccc1)C1CCCc2ccccc21. The number of hydrogen-bond acceptors (Lipinski definition) is 2. The fourth-order valence-electron chi connectivity index (χ4n) is 3.18. The van der Waals surface area contributed by atoms with Gasteiger partial charge in [-0.15, -0.1) is 0 Å². The first-order valence-corrected chi connectivity index (χ1v) is 7.84. The van der Waals surface area contributed by atoms with Gasteiger partial charge < -0.3 is 10.4 Å². The van der Waals surface area contributed by atoms with E-state index >= 15 is 0 Å². The van der Waals surface area contributed by atoms with Gasteiger partial charge in [-0.3, -0.25) is 4.79 Å². The second kappa shape index (κ2) is 6.75. The number of carbonyl (C=O) groups excluding carboxylic acids is 1. The third-order valence-corrected chi connectivity index (χ3v) is 4.27. The quantitative estimate of drug-likeness (QED) is 0.852. The van der Waals surface area contributed by atoms with Crippen molar-refractivity contribution >= 4 is 5.91 Å². The van der Waals surface area contributed by atoms with Crippen LogP contribution in [0.5, 0.6) is 0 Å². The summed E-state index contributed by atoms with van der Waals surface area (Å²) in [6, 6.07) is 17.8. The average Bonchev–Trinajstić information content (AvgIpc) is 2.55. The average molecular weight is 295 g/mol. The highest BCUT2D eigenvalue weighted by atomic mass is 16.3. The summed E-state index contributed by atoms with van der Waals surface area (Å²) in [6.07, 6.45) is 2.49. The summed E-state index contributed by atoms with van der Waals surface area (Å²) in [7, 11) is 0. The van der Waals surface area contributed by atoms with E-state index < -0.39 is 6.23 Å². The summed E-state index contributed by atoms with van der Waals surface area (Å²) >= 11 is 0. The standard InChI is InChI=1S/C19H21NO2/c21-18(13-14-7-2-1-3-8-14)20-19(22)17-12-6-10-15-9-4-5-11-16(15)17/h1-5,7-9,11,17-18,21H,6,10,12-13H2,(H,20,22). The van der Waals surface area contributed by atoms with Crippen LogP contribution < -0.4 is 5.32 Å². The molecule has 2 atom stereocenters. The number of nitrogens with one attached hydrogen (secondary N) is 1. The minimum atomic E-state index is -0.844. The Morgan fingerprint density at radius 2 is 1.86 bits per heavy atom. The van der Waals surface area contributed by atoms with Crippen molar-refractivity contribution in [3.63, 3.8) is 0 Å². The summed E-state index contributed by atoms with van der Waals surface area (Å²) in [5, 5.41) is 12.9. The Bertz CT molecular complexity index is 639. The summed E-state index contributed by atoms with van der Waals surface area (Å²) in [6.45, 7) is 0. The largest absolute Gasteiger partial charge is 0.373 e. The molecule has 0 saturated heterocycles. The number of rotatable bonds is 4. The summed E-state index contributed by atoms with van der Waals surface area (Å²) < 4.78 is 0. The van der Waals surface area contributed by atoms with Crippen LogP contribution in [0.25, 0.3) is 0 Å². The Balaban J connectivity index is 1.65. The summed E-state index contributed by atoms with van der Waals surface area (Å²) in [5.41, 5.74) is 3.38. The van der Waals surface area contributed by atoms with Crippen LogP contribution >= 0.6 is 0 Å². The lowest BCUT2D eigenvalue weighted by molar-refractivity contribution is -0.125. The third-order valence-electron chi connectivity index (χ3n) is 4.27. The van der Waals surface area contributed by atoms with E-state index in [1.165, 1.54) is 5.56 Å². The number of benzene rings is 2. The molecule has 0 fully saturated rings. The second-order valence-corrected chi connectivity index (χ2v) is 5.86. The van der Waals surface area contributed by atoms with Crippen LogP contribution in [-0.2, 0) is 17.6 Å². The highest BCUT2D eigenvalue weighted by molar-refractivity contribution is 5.84. The van der Waals surface area contributed by atoms with Gasteiger partial charge in [0.15, 0.2) is 0 Å². The normalized spacial score (nSPS) is 18.3. The first-order chi connectivity index (χ1) is 10.7. The number of hydrogen-bond donors (Lipinski definition) is 2. The highest BCUT2D eigenvalue weighted by Crippen LogP contribution is 2.31. The lowest BCUT2D eigenvalue weighted by Gasteiger charge is -2.25. The maximum atomic E-state index is 12.5.